The van der Waals surface area contributed by atoms with Crippen LogP contribution in [0.3, 0.4) is 0 Å². The van der Waals surface area contributed by atoms with E-state index >= 15 is 0 Å². The van der Waals surface area contributed by atoms with Crippen molar-refractivity contribution in [1.82, 2.24) is 0 Å². The molecule has 0 saturated heterocycles. The van der Waals surface area contributed by atoms with Crippen LogP contribution in [0.1, 0.15) is 84.3 Å². The average molecular weight is 412 g/mol. The molecule has 1 aromatic carbocycles. The number of allylic oxidation sites excluding steroid dienone is 2. The number of carbonyl (C=O) groups is 2. The maximum Gasteiger partial charge on any atom is 0.331 e. The molecule has 4 heteroatoms. The summed E-state index contributed by atoms with van der Waals surface area (Å²) >= 11 is 0. The van der Waals surface area contributed by atoms with E-state index in [1.54, 1.807) is 6.08 Å². The lowest BCUT2D eigenvalue weighted by Crippen LogP contribution is -2.22. The fraction of sp³-hybridized carbons (Fsp3) is 0.538. The van der Waals surface area contributed by atoms with Crippen LogP contribution in [0.15, 0.2) is 35.9 Å². The van der Waals surface area contributed by atoms with E-state index in [9.17, 15) is 9.59 Å². The normalized spacial score (nSPS) is 15.1. The van der Waals surface area contributed by atoms with Gasteiger partial charge in [0.05, 0.1) is 0 Å². The minimum atomic E-state index is -0.511. The zero-order valence-electron chi connectivity index (χ0n) is 19.2. The zero-order valence-corrected chi connectivity index (χ0v) is 19.2. The Morgan fingerprint density at radius 1 is 1.13 bits per heavy atom. The van der Waals surface area contributed by atoms with E-state index in [1.807, 2.05) is 39.0 Å². The lowest BCUT2D eigenvalue weighted by Gasteiger charge is -2.21. The summed E-state index contributed by atoms with van der Waals surface area (Å²) in [4.78, 5) is 24.6. The van der Waals surface area contributed by atoms with Gasteiger partial charge in [0.25, 0.3) is 0 Å². The Balaban J connectivity index is 2.11. The number of carbonyl (C=O) groups excluding carboxylic acids is 2. The molecule has 164 valence electrons. The minimum absolute atomic E-state index is 0.0948. The summed E-state index contributed by atoms with van der Waals surface area (Å²) in [6, 6.07) is 5.88. The van der Waals surface area contributed by atoms with Gasteiger partial charge in [-0.25, -0.2) is 4.79 Å². The zero-order chi connectivity index (χ0) is 22.1. The van der Waals surface area contributed by atoms with Gasteiger partial charge in [-0.2, -0.15) is 0 Å². The molecule has 1 amide bonds. The molecule has 1 aromatic rings. The van der Waals surface area contributed by atoms with Crippen molar-refractivity contribution < 1.29 is 14.3 Å². The smallest absolute Gasteiger partial charge is 0.331 e. The van der Waals surface area contributed by atoms with Gasteiger partial charge in [0, 0.05) is 18.2 Å². The van der Waals surface area contributed by atoms with E-state index in [4.69, 9.17) is 4.74 Å². The van der Waals surface area contributed by atoms with Gasteiger partial charge in [-0.3, -0.25) is 4.79 Å². The van der Waals surface area contributed by atoms with E-state index in [1.165, 1.54) is 30.9 Å². The quantitative estimate of drug-likeness (QED) is 0.318. The SMILES string of the molecule is CC(C)=CCc1cc(/C=C/C(=O)OC(C)(C)C)ccc1NC(=O)CC1CCCCC1. The molecule has 1 N–H and O–H groups in total. The maximum atomic E-state index is 12.6. The summed E-state index contributed by atoms with van der Waals surface area (Å²) in [7, 11) is 0. The van der Waals surface area contributed by atoms with Crippen LogP contribution >= 0.6 is 0 Å². The molecule has 0 radical (unpaired) electrons. The molecule has 0 aliphatic heterocycles. The fourth-order valence-corrected chi connectivity index (χ4v) is 3.68. The highest BCUT2D eigenvalue weighted by Gasteiger charge is 2.18. The lowest BCUT2D eigenvalue weighted by atomic mass is 9.87. The number of ether oxygens (including phenoxy) is 1. The first kappa shape index (κ1) is 23.9. The van der Waals surface area contributed by atoms with Crippen molar-refractivity contribution in [3.8, 4) is 0 Å². The van der Waals surface area contributed by atoms with Crippen LogP contribution in [0, 0.1) is 5.92 Å². The molecule has 30 heavy (non-hydrogen) atoms. The molecule has 1 aliphatic rings. The first-order valence-electron chi connectivity index (χ1n) is 11.1. The Morgan fingerprint density at radius 2 is 1.83 bits per heavy atom. The third-order valence-electron chi connectivity index (χ3n) is 5.15. The summed E-state index contributed by atoms with van der Waals surface area (Å²) in [5.74, 6) is 0.242. The molecule has 0 aromatic heterocycles. The van der Waals surface area contributed by atoms with Crippen molar-refractivity contribution in [1.29, 1.82) is 0 Å². The predicted octanol–water partition coefficient (Wildman–Crippen LogP) is 6.46. The van der Waals surface area contributed by atoms with E-state index in [0.717, 1.165) is 36.1 Å². The molecule has 0 spiro atoms. The van der Waals surface area contributed by atoms with Crippen LogP contribution in [-0.2, 0) is 20.7 Å². The highest BCUT2D eigenvalue weighted by molar-refractivity contribution is 5.92. The van der Waals surface area contributed by atoms with Gasteiger partial charge in [-0.05, 0) is 89.1 Å². The monoisotopic (exact) mass is 411 g/mol. The molecule has 1 aliphatic carbocycles. The van der Waals surface area contributed by atoms with E-state index in [0.29, 0.717) is 12.3 Å². The fourth-order valence-electron chi connectivity index (χ4n) is 3.68. The third-order valence-corrected chi connectivity index (χ3v) is 5.15. The van der Waals surface area contributed by atoms with Crippen molar-refractivity contribution in [3.63, 3.8) is 0 Å². The van der Waals surface area contributed by atoms with Crippen LogP contribution < -0.4 is 5.32 Å². The van der Waals surface area contributed by atoms with Gasteiger partial charge in [-0.15, -0.1) is 0 Å². The number of hydrogen-bond acceptors (Lipinski definition) is 3. The highest BCUT2D eigenvalue weighted by Crippen LogP contribution is 2.27. The Kier molecular flexibility index (Phi) is 8.88. The maximum absolute atomic E-state index is 12.6. The molecule has 0 atom stereocenters. The van der Waals surface area contributed by atoms with Crippen LogP contribution in [0.25, 0.3) is 6.08 Å². The van der Waals surface area contributed by atoms with Crippen LogP contribution in [-0.4, -0.2) is 17.5 Å². The summed E-state index contributed by atoms with van der Waals surface area (Å²) in [5, 5.41) is 3.12. The largest absolute Gasteiger partial charge is 0.457 e. The molecule has 0 unspecified atom stereocenters. The second-order valence-corrected chi connectivity index (χ2v) is 9.53. The van der Waals surface area contributed by atoms with Gasteiger partial charge in [0.15, 0.2) is 0 Å². The van der Waals surface area contributed by atoms with Crippen LogP contribution in [0.2, 0.25) is 0 Å². The topological polar surface area (TPSA) is 55.4 Å². The molecular weight excluding hydrogens is 374 g/mol. The van der Waals surface area contributed by atoms with Gasteiger partial charge in [0.1, 0.15) is 5.60 Å². The second-order valence-electron chi connectivity index (χ2n) is 9.53. The molecule has 0 bridgehead atoms. The Labute approximate surface area is 181 Å². The Morgan fingerprint density at radius 3 is 2.47 bits per heavy atom. The van der Waals surface area contributed by atoms with Gasteiger partial charge >= 0.3 is 5.97 Å². The molecular formula is C26H37NO3. The number of amides is 1. The first-order valence-corrected chi connectivity index (χ1v) is 11.1. The number of benzene rings is 1. The summed E-state index contributed by atoms with van der Waals surface area (Å²) in [6.07, 6.45) is 12.8. The van der Waals surface area contributed by atoms with Crippen molar-refractivity contribution in [3.05, 3.63) is 47.1 Å². The minimum Gasteiger partial charge on any atom is -0.457 e. The van der Waals surface area contributed by atoms with Crippen molar-refractivity contribution in [2.45, 2.75) is 85.2 Å². The Hall–Kier alpha value is -2.36. The molecule has 1 fully saturated rings. The summed E-state index contributed by atoms with van der Waals surface area (Å²) < 4.78 is 5.32. The third kappa shape index (κ3) is 8.98. The molecule has 2 rings (SSSR count). The number of nitrogens with one attached hydrogen (secondary N) is 1. The molecule has 4 nitrogen and oxygen atoms in total. The van der Waals surface area contributed by atoms with Gasteiger partial charge in [-0.1, -0.05) is 37.0 Å². The predicted molar refractivity (Wildman–Crippen MR) is 124 cm³/mol. The number of esters is 1. The molecule has 1 saturated carbocycles. The van der Waals surface area contributed by atoms with Gasteiger partial charge < -0.3 is 10.1 Å². The van der Waals surface area contributed by atoms with E-state index < -0.39 is 5.60 Å². The first-order chi connectivity index (χ1) is 14.1. The molecule has 0 heterocycles. The standard InChI is InChI=1S/C26H37NO3/c1-19(2)11-14-22-17-21(13-16-25(29)30-26(3,4)5)12-15-23(22)27-24(28)18-20-9-7-6-8-10-20/h11-13,15-17,20H,6-10,14,18H2,1-5H3,(H,27,28)/b16-13+. The highest BCUT2D eigenvalue weighted by atomic mass is 16.6. The van der Waals surface area contributed by atoms with Crippen LogP contribution in [0.5, 0.6) is 0 Å². The lowest BCUT2D eigenvalue weighted by molar-refractivity contribution is -0.148. The van der Waals surface area contributed by atoms with E-state index in [-0.39, 0.29) is 11.9 Å². The van der Waals surface area contributed by atoms with Crippen molar-refractivity contribution in [2.24, 2.45) is 5.92 Å². The van der Waals surface area contributed by atoms with Crippen molar-refractivity contribution in [2.75, 3.05) is 5.32 Å². The number of rotatable bonds is 7. The summed E-state index contributed by atoms with van der Waals surface area (Å²) in [6.45, 7) is 9.67. The summed E-state index contributed by atoms with van der Waals surface area (Å²) in [5.41, 5.74) is 3.51. The average Bonchev–Trinajstić information content (AvgIpc) is 2.65. The van der Waals surface area contributed by atoms with Crippen LogP contribution in [0.4, 0.5) is 5.69 Å². The van der Waals surface area contributed by atoms with Gasteiger partial charge in [0.2, 0.25) is 5.91 Å². The van der Waals surface area contributed by atoms with E-state index in [2.05, 4.69) is 25.2 Å². The number of anilines is 1. The Bertz CT molecular complexity index is 789. The van der Waals surface area contributed by atoms with Crippen molar-refractivity contribution >= 4 is 23.6 Å². The number of hydrogen-bond donors (Lipinski definition) is 1. The second kappa shape index (κ2) is 11.1.